The average Bonchev–Trinajstić information content (AvgIpc) is 2.30. The highest BCUT2D eigenvalue weighted by atomic mass is 35.5. The first-order valence-corrected chi connectivity index (χ1v) is 6.35. The molecule has 0 spiro atoms. The van der Waals surface area contributed by atoms with Crippen molar-refractivity contribution in [2.75, 3.05) is 5.73 Å². The van der Waals surface area contributed by atoms with Gasteiger partial charge in [-0.2, -0.15) is 0 Å². The van der Waals surface area contributed by atoms with Gasteiger partial charge >= 0.3 is 0 Å². The van der Waals surface area contributed by atoms with E-state index in [1.165, 1.54) is 11.8 Å². The van der Waals surface area contributed by atoms with Crippen molar-refractivity contribution < 1.29 is 0 Å². The van der Waals surface area contributed by atoms with E-state index in [0.29, 0.717) is 21.7 Å². The zero-order valence-corrected chi connectivity index (χ0v) is 10.8. The molecule has 2 rings (SSSR count). The smallest absolute Gasteiger partial charge is 0.188 e. The van der Waals surface area contributed by atoms with Crippen LogP contribution in [0.25, 0.3) is 0 Å². The quantitative estimate of drug-likeness (QED) is 0.684. The standard InChI is InChI=1S/C11H11ClN4S/c1-7-4-5-14-11(15-7)17-6-9-8(12)2-3-10(13)16-9/h2-5H,6H2,1H3,(H2,13,16). The third kappa shape index (κ3) is 3.31. The molecular weight excluding hydrogens is 256 g/mol. The molecule has 0 bridgehead atoms. The number of thioether (sulfide) groups is 1. The molecular formula is C11H11ClN4S. The predicted molar refractivity (Wildman–Crippen MR) is 70.0 cm³/mol. The Hall–Kier alpha value is -1.33. The van der Waals surface area contributed by atoms with Crippen LogP contribution in [-0.2, 0) is 5.75 Å². The summed E-state index contributed by atoms with van der Waals surface area (Å²) in [7, 11) is 0. The molecule has 0 aliphatic rings. The Bertz CT molecular complexity index is 533. The molecule has 0 saturated carbocycles. The molecule has 17 heavy (non-hydrogen) atoms. The first-order chi connectivity index (χ1) is 8.15. The van der Waals surface area contributed by atoms with Gasteiger partial charge in [-0.3, -0.25) is 0 Å². The molecule has 0 aromatic carbocycles. The topological polar surface area (TPSA) is 64.7 Å². The molecule has 2 heterocycles. The minimum absolute atomic E-state index is 0.468. The van der Waals surface area contributed by atoms with Crippen LogP contribution in [0.2, 0.25) is 5.02 Å². The molecule has 0 aliphatic heterocycles. The third-order valence-electron chi connectivity index (χ3n) is 2.05. The van der Waals surface area contributed by atoms with Crippen molar-refractivity contribution in [2.45, 2.75) is 17.8 Å². The average molecular weight is 267 g/mol. The first-order valence-electron chi connectivity index (χ1n) is 4.98. The summed E-state index contributed by atoms with van der Waals surface area (Å²) in [5.41, 5.74) is 7.30. The van der Waals surface area contributed by atoms with Gasteiger partial charge in [0.2, 0.25) is 0 Å². The van der Waals surface area contributed by atoms with E-state index in [-0.39, 0.29) is 0 Å². The van der Waals surface area contributed by atoms with Gasteiger partial charge < -0.3 is 5.73 Å². The molecule has 2 aromatic rings. The fourth-order valence-corrected chi connectivity index (χ4v) is 2.31. The van der Waals surface area contributed by atoms with E-state index in [9.17, 15) is 0 Å². The van der Waals surface area contributed by atoms with E-state index in [1.807, 2.05) is 13.0 Å². The summed E-state index contributed by atoms with van der Waals surface area (Å²) in [5.74, 6) is 1.07. The summed E-state index contributed by atoms with van der Waals surface area (Å²) in [6.07, 6.45) is 1.74. The highest BCUT2D eigenvalue weighted by Crippen LogP contribution is 2.23. The molecule has 0 unspecified atom stereocenters. The highest BCUT2D eigenvalue weighted by Gasteiger charge is 2.05. The number of aromatic nitrogens is 3. The molecule has 88 valence electrons. The number of nitrogens with two attached hydrogens (primary N) is 1. The minimum atomic E-state index is 0.468. The molecule has 2 aromatic heterocycles. The van der Waals surface area contributed by atoms with Gasteiger partial charge in [-0.1, -0.05) is 23.4 Å². The van der Waals surface area contributed by atoms with Crippen LogP contribution in [0.15, 0.2) is 29.6 Å². The van der Waals surface area contributed by atoms with Crippen LogP contribution in [0.1, 0.15) is 11.4 Å². The first kappa shape index (κ1) is 12.1. The number of pyridine rings is 1. The Labute approximate surface area is 109 Å². The Morgan fingerprint density at radius 1 is 1.29 bits per heavy atom. The van der Waals surface area contributed by atoms with Crippen LogP contribution in [0, 0.1) is 6.92 Å². The lowest BCUT2D eigenvalue weighted by Gasteiger charge is -2.03. The summed E-state index contributed by atoms with van der Waals surface area (Å²) in [5, 5.41) is 1.32. The molecule has 0 fully saturated rings. The number of aryl methyl sites for hydroxylation is 1. The van der Waals surface area contributed by atoms with Gasteiger partial charge in [-0.15, -0.1) is 0 Å². The van der Waals surface area contributed by atoms with Gasteiger partial charge in [-0.25, -0.2) is 15.0 Å². The molecule has 0 amide bonds. The fourth-order valence-electron chi connectivity index (χ4n) is 1.23. The molecule has 0 saturated heterocycles. The SMILES string of the molecule is Cc1ccnc(SCc2nc(N)ccc2Cl)n1. The number of nitrogens with zero attached hydrogens (tertiary/aromatic N) is 3. The summed E-state index contributed by atoms with van der Waals surface area (Å²) in [6.45, 7) is 1.93. The normalized spacial score (nSPS) is 10.5. The fraction of sp³-hybridized carbons (Fsp3) is 0.182. The number of nitrogen functional groups attached to an aromatic ring is 1. The lowest BCUT2D eigenvalue weighted by Crippen LogP contribution is -1.96. The number of halogens is 1. The zero-order chi connectivity index (χ0) is 12.3. The number of anilines is 1. The van der Waals surface area contributed by atoms with Gasteiger partial charge in [0.1, 0.15) is 5.82 Å². The maximum atomic E-state index is 6.02. The van der Waals surface area contributed by atoms with Crippen LogP contribution in [0.3, 0.4) is 0 Å². The van der Waals surface area contributed by atoms with Crippen molar-refractivity contribution >= 4 is 29.2 Å². The molecule has 2 N–H and O–H groups in total. The van der Waals surface area contributed by atoms with E-state index >= 15 is 0 Å². The maximum absolute atomic E-state index is 6.02. The summed E-state index contributed by atoms with van der Waals surface area (Å²) in [6, 6.07) is 5.28. The van der Waals surface area contributed by atoms with E-state index in [0.717, 1.165) is 11.4 Å². The Morgan fingerprint density at radius 2 is 2.12 bits per heavy atom. The van der Waals surface area contributed by atoms with Gasteiger partial charge in [-0.05, 0) is 25.1 Å². The molecule has 0 radical (unpaired) electrons. The largest absolute Gasteiger partial charge is 0.384 e. The van der Waals surface area contributed by atoms with Crippen molar-refractivity contribution in [1.29, 1.82) is 0 Å². The Kier molecular flexibility index (Phi) is 3.81. The van der Waals surface area contributed by atoms with Crippen LogP contribution in [0.4, 0.5) is 5.82 Å². The Morgan fingerprint density at radius 3 is 2.88 bits per heavy atom. The third-order valence-corrected chi connectivity index (χ3v) is 3.27. The van der Waals surface area contributed by atoms with Crippen molar-refractivity contribution in [1.82, 2.24) is 15.0 Å². The van der Waals surface area contributed by atoms with Crippen molar-refractivity contribution in [3.63, 3.8) is 0 Å². The van der Waals surface area contributed by atoms with Crippen LogP contribution in [-0.4, -0.2) is 15.0 Å². The van der Waals surface area contributed by atoms with Gasteiger partial charge in [0.15, 0.2) is 5.16 Å². The maximum Gasteiger partial charge on any atom is 0.188 e. The Balaban J connectivity index is 2.09. The molecule has 0 aliphatic carbocycles. The molecule has 0 atom stereocenters. The van der Waals surface area contributed by atoms with E-state index in [1.54, 1.807) is 18.3 Å². The number of rotatable bonds is 3. The summed E-state index contributed by atoms with van der Waals surface area (Å²) < 4.78 is 0. The van der Waals surface area contributed by atoms with E-state index in [2.05, 4.69) is 15.0 Å². The van der Waals surface area contributed by atoms with Crippen LogP contribution < -0.4 is 5.73 Å². The van der Waals surface area contributed by atoms with Gasteiger partial charge in [0.25, 0.3) is 0 Å². The van der Waals surface area contributed by atoms with Crippen molar-refractivity contribution in [3.8, 4) is 0 Å². The van der Waals surface area contributed by atoms with Crippen LogP contribution in [0.5, 0.6) is 0 Å². The molecule has 4 nitrogen and oxygen atoms in total. The second kappa shape index (κ2) is 5.33. The van der Waals surface area contributed by atoms with Gasteiger partial charge in [0.05, 0.1) is 10.7 Å². The second-order valence-corrected chi connectivity index (χ2v) is 4.78. The summed E-state index contributed by atoms with van der Waals surface area (Å²) >= 11 is 7.51. The van der Waals surface area contributed by atoms with Crippen molar-refractivity contribution in [3.05, 3.63) is 40.8 Å². The number of hydrogen-bond acceptors (Lipinski definition) is 5. The summed E-state index contributed by atoms with van der Waals surface area (Å²) in [4.78, 5) is 12.6. The van der Waals surface area contributed by atoms with Gasteiger partial charge in [0, 0.05) is 17.6 Å². The number of hydrogen-bond donors (Lipinski definition) is 1. The van der Waals surface area contributed by atoms with E-state index < -0.39 is 0 Å². The minimum Gasteiger partial charge on any atom is -0.384 e. The monoisotopic (exact) mass is 266 g/mol. The second-order valence-electron chi connectivity index (χ2n) is 3.43. The highest BCUT2D eigenvalue weighted by molar-refractivity contribution is 7.98. The predicted octanol–water partition coefficient (Wildman–Crippen LogP) is 2.71. The van der Waals surface area contributed by atoms with E-state index in [4.69, 9.17) is 17.3 Å². The lowest BCUT2D eigenvalue weighted by atomic mass is 10.4. The molecule has 6 heteroatoms. The van der Waals surface area contributed by atoms with Crippen molar-refractivity contribution in [2.24, 2.45) is 0 Å². The lowest BCUT2D eigenvalue weighted by molar-refractivity contribution is 0.930. The van der Waals surface area contributed by atoms with Crippen LogP contribution >= 0.6 is 23.4 Å². The zero-order valence-electron chi connectivity index (χ0n) is 9.22.